The summed E-state index contributed by atoms with van der Waals surface area (Å²) in [7, 11) is 0. The van der Waals surface area contributed by atoms with Gasteiger partial charge in [-0.3, -0.25) is 20.2 Å². The molecule has 0 unspecified atom stereocenters. The number of nitrogens with zero attached hydrogens (tertiary/aromatic N) is 4. The van der Waals surface area contributed by atoms with Gasteiger partial charge in [-0.15, -0.1) is 0 Å². The Kier molecular flexibility index (Phi) is 8.73. The molecule has 0 atom stereocenters. The highest BCUT2D eigenvalue weighted by atomic mass is 15.5. The molecule has 1 aromatic rings. The average molecular weight is 359 g/mol. The topological polar surface area (TPSA) is 83.4 Å². The number of benzene rings is 1. The van der Waals surface area contributed by atoms with E-state index >= 15 is 0 Å². The van der Waals surface area contributed by atoms with Crippen molar-refractivity contribution in [1.82, 2.24) is 14.8 Å². The van der Waals surface area contributed by atoms with E-state index in [1.165, 1.54) is 5.56 Å². The maximum atomic E-state index is 8.84. The average Bonchev–Trinajstić information content (AvgIpc) is 2.64. The summed E-state index contributed by atoms with van der Waals surface area (Å²) in [6.07, 6.45) is 0. The van der Waals surface area contributed by atoms with Crippen LogP contribution in [0.1, 0.15) is 45.7 Å². The summed E-state index contributed by atoms with van der Waals surface area (Å²) in [5, 5.41) is 18.6. The van der Waals surface area contributed by atoms with Gasteiger partial charge < -0.3 is 0 Å². The number of nitriles is 1. The van der Waals surface area contributed by atoms with Crippen LogP contribution in [0.15, 0.2) is 24.3 Å². The molecule has 1 aliphatic rings. The fourth-order valence-electron chi connectivity index (χ4n) is 2.74. The second-order valence-corrected chi connectivity index (χ2v) is 7.35. The van der Waals surface area contributed by atoms with Crippen molar-refractivity contribution in [3.63, 3.8) is 0 Å². The second kappa shape index (κ2) is 10.3. The van der Waals surface area contributed by atoms with Crippen LogP contribution < -0.4 is 5.84 Å². The van der Waals surface area contributed by atoms with E-state index in [1.54, 1.807) is 5.01 Å². The molecule has 0 amide bonds. The summed E-state index contributed by atoms with van der Waals surface area (Å²) in [5.74, 6) is 6.47. The molecule has 0 aromatic heterocycles. The highest BCUT2D eigenvalue weighted by Crippen LogP contribution is 2.12. The molecule has 0 spiro atoms. The lowest BCUT2D eigenvalue weighted by molar-refractivity contribution is 0.133. The molecular formula is C20H34N6. The van der Waals surface area contributed by atoms with Crippen molar-refractivity contribution in [3.05, 3.63) is 35.4 Å². The van der Waals surface area contributed by atoms with Crippen LogP contribution in [0, 0.1) is 16.7 Å². The third-order valence-corrected chi connectivity index (χ3v) is 4.34. The highest BCUT2D eigenvalue weighted by Gasteiger charge is 2.24. The number of hydrogen-bond acceptors (Lipinski definition) is 5. The Hall–Kier alpha value is -1.94. The van der Waals surface area contributed by atoms with Gasteiger partial charge in [-0.05, 0) is 38.5 Å². The number of piperazine rings is 1. The van der Waals surface area contributed by atoms with E-state index in [0.29, 0.717) is 17.9 Å². The molecule has 26 heavy (non-hydrogen) atoms. The zero-order chi connectivity index (χ0) is 19.7. The molecule has 1 aliphatic heterocycles. The van der Waals surface area contributed by atoms with Gasteiger partial charge >= 0.3 is 0 Å². The van der Waals surface area contributed by atoms with E-state index in [2.05, 4.69) is 15.9 Å². The van der Waals surface area contributed by atoms with Crippen LogP contribution in [-0.4, -0.2) is 58.9 Å². The van der Waals surface area contributed by atoms with Gasteiger partial charge in [-0.1, -0.05) is 26.0 Å². The van der Waals surface area contributed by atoms with Gasteiger partial charge in [0.15, 0.2) is 0 Å². The molecule has 0 radical (unpaired) electrons. The summed E-state index contributed by atoms with van der Waals surface area (Å²) in [5.41, 5.74) is 1.71. The lowest BCUT2D eigenvalue weighted by Crippen LogP contribution is -2.55. The summed E-state index contributed by atoms with van der Waals surface area (Å²) in [6, 6.07) is 9.94. The monoisotopic (exact) mass is 358 g/mol. The minimum atomic E-state index is -0.228. The quantitative estimate of drug-likeness (QED) is 0.374. The van der Waals surface area contributed by atoms with Crippen LogP contribution in [0.25, 0.3) is 0 Å². The van der Waals surface area contributed by atoms with Crippen LogP contribution in [0.2, 0.25) is 0 Å². The van der Waals surface area contributed by atoms with Crippen molar-refractivity contribution in [3.8, 4) is 6.07 Å². The van der Waals surface area contributed by atoms with E-state index in [0.717, 1.165) is 32.7 Å². The van der Waals surface area contributed by atoms with Crippen molar-refractivity contribution < 1.29 is 0 Å². The molecule has 0 saturated carbocycles. The predicted octanol–water partition coefficient (Wildman–Crippen LogP) is 2.65. The van der Waals surface area contributed by atoms with Crippen LogP contribution >= 0.6 is 0 Å². The Bertz CT molecular complexity index is 588. The first-order valence-corrected chi connectivity index (χ1v) is 9.35. The summed E-state index contributed by atoms with van der Waals surface area (Å²) in [6.45, 7) is 15.4. The Morgan fingerprint density at radius 1 is 1.12 bits per heavy atom. The maximum absolute atomic E-state index is 8.84. The molecule has 1 aromatic carbocycles. The standard InChI is InChI=1S/C18H28N6.C2H6/c1-18(2,3)24(21)17(20)14-23-10-8-22(9-11-23)13-16-6-4-15(12-19)5-7-16;1-2/h4-7,20H,8-11,13-14,21H2,1-3H3;1-2H3. The van der Waals surface area contributed by atoms with Gasteiger partial charge in [0.1, 0.15) is 5.84 Å². The van der Waals surface area contributed by atoms with E-state index in [-0.39, 0.29) is 5.54 Å². The van der Waals surface area contributed by atoms with Gasteiger partial charge in [0.2, 0.25) is 0 Å². The minimum absolute atomic E-state index is 0.228. The van der Waals surface area contributed by atoms with E-state index < -0.39 is 0 Å². The normalized spacial score (nSPS) is 15.6. The molecule has 144 valence electrons. The lowest BCUT2D eigenvalue weighted by Gasteiger charge is -2.38. The summed E-state index contributed by atoms with van der Waals surface area (Å²) < 4.78 is 0. The predicted molar refractivity (Wildman–Crippen MR) is 108 cm³/mol. The van der Waals surface area contributed by atoms with E-state index in [9.17, 15) is 0 Å². The van der Waals surface area contributed by atoms with Gasteiger partial charge in [0.25, 0.3) is 0 Å². The molecule has 3 N–H and O–H groups in total. The van der Waals surface area contributed by atoms with Gasteiger partial charge in [0.05, 0.1) is 18.2 Å². The number of amidine groups is 1. The Labute approximate surface area is 158 Å². The fraction of sp³-hybridized carbons (Fsp3) is 0.600. The van der Waals surface area contributed by atoms with Crippen LogP contribution in [-0.2, 0) is 6.54 Å². The Morgan fingerprint density at radius 2 is 1.62 bits per heavy atom. The number of nitrogens with two attached hydrogens (primary N) is 1. The third-order valence-electron chi connectivity index (χ3n) is 4.34. The van der Waals surface area contributed by atoms with Crippen molar-refractivity contribution in [1.29, 1.82) is 10.7 Å². The largest absolute Gasteiger partial charge is 0.297 e. The first-order chi connectivity index (χ1) is 12.3. The molecule has 1 saturated heterocycles. The second-order valence-electron chi connectivity index (χ2n) is 7.35. The number of rotatable bonds is 4. The molecule has 6 heteroatoms. The molecule has 1 fully saturated rings. The molecule has 0 bridgehead atoms. The van der Waals surface area contributed by atoms with Crippen LogP contribution in [0.5, 0.6) is 0 Å². The maximum Gasteiger partial charge on any atom is 0.125 e. The fourth-order valence-corrected chi connectivity index (χ4v) is 2.74. The Balaban J connectivity index is 0.00000163. The third kappa shape index (κ3) is 6.75. The summed E-state index contributed by atoms with van der Waals surface area (Å²) in [4.78, 5) is 4.69. The first-order valence-electron chi connectivity index (χ1n) is 9.35. The summed E-state index contributed by atoms with van der Waals surface area (Å²) >= 11 is 0. The number of hydrogen-bond donors (Lipinski definition) is 2. The smallest absolute Gasteiger partial charge is 0.125 e. The van der Waals surface area contributed by atoms with Crippen molar-refractivity contribution in [2.45, 2.75) is 46.7 Å². The SMILES string of the molecule is CC.CC(C)(C)N(N)C(=N)CN1CCN(Cc2ccc(C#N)cc2)CC1. The van der Waals surface area contributed by atoms with Crippen LogP contribution in [0.4, 0.5) is 0 Å². The lowest BCUT2D eigenvalue weighted by atomic mass is 10.1. The highest BCUT2D eigenvalue weighted by molar-refractivity contribution is 5.81. The molecule has 6 nitrogen and oxygen atoms in total. The van der Waals surface area contributed by atoms with E-state index in [4.69, 9.17) is 16.5 Å². The minimum Gasteiger partial charge on any atom is -0.297 e. The number of hydrazine groups is 1. The molecule has 2 rings (SSSR count). The van der Waals surface area contributed by atoms with Gasteiger partial charge in [-0.2, -0.15) is 5.26 Å². The molecular weight excluding hydrogens is 324 g/mol. The zero-order valence-corrected chi connectivity index (χ0v) is 16.9. The van der Waals surface area contributed by atoms with E-state index in [1.807, 2.05) is 58.9 Å². The first kappa shape index (κ1) is 22.1. The van der Waals surface area contributed by atoms with Gasteiger partial charge in [-0.25, -0.2) is 5.84 Å². The Morgan fingerprint density at radius 3 is 2.08 bits per heavy atom. The van der Waals surface area contributed by atoms with Crippen molar-refractivity contribution >= 4 is 5.84 Å². The molecule has 1 heterocycles. The zero-order valence-electron chi connectivity index (χ0n) is 16.9. The molecule has 0 aliphatic carbocycles. The van der Waals surface area contributed by atoms with Crippen molar-refractivity contribution in [2.24, 2.45) is 5.84 Å². The number of nitrogens with one attached hydrogen (secondary N) is 1. The van der Waals surface area contributed by atoms with Crippen LogP contribution in [0.3, 0.4) is 0 Å². The van der Waals surface area contributed by atoms with Gasteiger partial charge in [0, 0.05) is 38.3 Å². The van der Waals surface area contributed by atoms with Crippen molar-refractivity contribution in [2.75, 3.05) is 32.7 Å².